The van der Waals surface area contributed by atoms with Gasteiger partial charge in [-0.2, -0.15) is 11.8 Å². The fraction of sp³-hybridized carbons (Fsp3) is 0.364. The summed E-state index contributed by atoms with van der Waals surface area (Å²) >= 11 is 1.67. The molecule has 3 nitrogen and oxygen atoms in total. The van der Waals surface area contributed by atoms with E-state index >= 15 is 0 Å². The number of rotatable bonds is 5. The van der Waals surface area contributed by atoms with Crippen molar-refractivity contribution in [1.29, 1.82) is 0 Å². The highest BCUT2D eigenvalue weighted by molar-refractivity contribution is 7.98. The second kappa shape index (κ2) is 6.35. The van der Waals surface area contributed by atoms with Crippen molar-refractivity contribution in [2.24, 2.45) is 0 Å². The summed E-state index contributed by atoms with van der Waals surface area (Å²) in [6.45, 7) is 0.514. The van der Waals surface area contributed by atoms with Gasteiger partial charge in [-0.25, -0.2) is 0 Å². The molecule has 0 aromatic heterocycles. The summed E-state index contributed by atoms with van der Waals surface area (Å²) in [6.07, 6.45) is 2.55. The minimum absolute atomic E-state index is 0.0765. The van der Waals surface area contributed by atoms with Crippen LogP contribution in [0, 0.1) is 0 Å². The molecule has 1 amide bonds. The Kier molecular flexibility index (Phi) is 5.04. The van der Waals surface area contributed by atoms with E-state index in [9.17, 15) is 4.79 Å². The predicted molar refractivity (Wildman–Crippen MR) is 65.7 cm³/mol. The van der Waals surface area contributed by atoms with E-state index in [2.05, 4.69) is 5.32 Å². The van der Waals surface area contributed by atoms with E-state index in [0.717, 1.165) is 17.0 Å². The van der Waals surface area contributed by atoms with Gasteiger partial charge in [0.1, 0.15) is 0 Å². The highest BCUT2D eigenvalue weighted by atomic mass is 32.2. The molecule has 0 radical (unpaired) electrons. The van der Waals surface area contributed by atoms with Crippen molar-refractivity contribution in [2.75, 3.05) is 17.7 Å². The maximum atomic E-state index is 11.3. The standard InChI is InChI=1S/C11H16N2OS/c1-15-7-6-11(14)13-8-9-4-2-3-5-10(9)12/h2-5H,6-8,12H2,1H3,(H,13,14). The van der Waals surface area contributed by atoms with Crippen molar-refractivity contribution >= 4 is 23.4 Å². The number of carbonyl (C=O) groups excluding carboxylic acids is 1. The number of hydrogen-bond donors (Lipinski definition) is 2. The Morgan fingerprint density at radius 3 is 2.87 bits per heavy atom. The van der Waals surface area contributed by atoms with Crippen molar-refractivity contribution < 1.29 is 4.79 Å². The van der Waals surface area contributed by atoms with Crippen LogP contribution in [-0.2, 0) is 11.3 Å². The fourth-order valence-electron chi connectivity index (χ4n) is 1.17. The second-order valence-electron chi connectivity index (χ2n) is 3.22. The van der Waals surface area contributed by atoms with Gasteiger partial charge in [-0.05, 0) is 17.9 Å². The molecule has 0 bridgehead atoms. The van der Waals surface area contributed by atoms with Crippen LogP contribution in [0.15, 0.2) is 24.3 Å². The predicted octanol–water partition coefficient (Wildman–Crippen LogP) is 1.64. The zero-order valence-electron chi connectivity index (χ0n) is 8.82. The molecule has 0 unspecified atom stereocenters. The molecule has 0 saturated heterocycles. The topological polar surface area (TPSA) is 55.1 Å². The van der Waals surface area contributed by atoms with E-state index in [0.29, 0.717) is 13.0 Å². The first kappa shape index (κ1) is 11.9. The van der Waals surface area contributed by atoms with Gasteiger partial charge in [0.25, 0.3) is 0 Å². The number of carbonyl (C=O) groups is 1. The molecule has 3 N–H and O–H groups in total. The van der Waals surface area contributed by atoms with E-state index in [-0.39, 0.29) is 5.91 Å². The van der Waals surface area contributed by atoms with Crippen LogP contribution in [0.5, 0.6) is 0 Å². The molecule has 0 spiro atoms. The monoisotopic (exact) mass is 224 g/mol. The van der Waals surface area contributed by atoms with Crippen LogP contribution in [0.1, 0.15) is 12.0 Å². The van der Waals surface area contributed by atoms with Crippen LogP contribution in [0.4, 0.5) is 5.69 Å². The summed E-state index contributed by atoms with van der Waals surface area (Å²) in [5.41, 5.74) is 7.44. The molecule has 0 saturated carbocycles. The van der Waals surface area contributed by atoms with E-state index in [1.54, 1.807) is 11.8 Å². The van der Waals surface area contributed by atoms with Crippen molar-refractivity contribution in [3.05, 3.63) is 29.8 Å². The maximum Gasteiger partial charge on any atom is 0.221 e. The zero-order chi connectivity index (χ0) is 11.1. The van der Waals surface area contributed by atoms with Gasteiger partial charge >= 0.3 is 0 Å². The van der Waals surface area contributed by atoms with Crippen molar-refractivity contribution in [2.45, 2.75) is 13.0 Å². The lowest BCUT2D eigenvalue weighted by atomic mass is 10.2. The summed E-state index contributed by atoms with van der Waals surface area (Å²) in [5.74, 6) is 0.934. The molecule has 1 aromatic carbocycles. The highest BCUT2D eigenvalue weighted by Gasteiger charge is 2.01. The first-order chi connectivity index (χ1) is 7.24. The summed E-state index contributed by atoms with van der Waals surface area (Å²) in [5, 5.41) is 2.84. The molecule has 0 aliphatic rings. The molecule has 0 fully saturated rings. The molecule has 0 aliphatic carbocycles. The maximum absolute atomic E-state index is 11.3. The minimum atomic E-state index is 0.0765. The Bertz CT molecular complexity index is 328. The molecule has 1 aromatic rings. The molecule has 4 heteroatoms. The molecule has 82 valence electrons. The van der Waals surface area contributed by atoms with Gasteiger partial charge in [0, 0.05) is 24.4 Å². The average Bonchev–Trinajstić information content (AvgIpc) is 2.25. The summed E-state index contributed by atoms with van der Waals surface area (Å²) in [7, 11) is 0. The number of para-hydroxylation sites is 1. The largest absolute Gasteiger partial charge is 0.398 e. The number of benzene rings is 1. The Balaban J connectivity index is 2.37. The molecule has 1 rings (SSSR count). The van der Waals surface area contributed by atoms with Gasteiger partial charge < -0.3 is 11.1 Å². The highest BCUT2D eigenvalue weighted by Crippen LogP contribution is 2.09. The van der Waals surface area contributed by atoms with Crippen LogP contribution in [0.25, 0.3) is 0 Å². The van der Waals surface area contributed by atoms with E-state index in [4.69, 9.17) is 5.73 Å². The minimum Gasteiger partial charge on any atom is -0.398 e. The van der Waals surface area contributed by atoms with E-state index < -0.39 is 0 Å². The smallest absolute Gasteiger partial charge is 0.221 e. The quantitative estimate of drug-likeness (QED) is 0.748. The van der Waals surface area contributed by atoms with Gasteiger partial charge in [0.15, 0.2) is 0 Å². The average molecular weight is 224 g/mol. The number of hydrogen-bond acceptors (Lipinski definition) is 3. The third-order valence-corrected chi connectivity index (χ3v) is 2.68. The van der Waals surface area contributed by atoms with Crippen molar-refractivity contribution in [3.8, 4) is 0 Å². The number of anilines is 1. The fourth-order valence-corrected chi connectivity index (χ4v) is 1.56. The Morgan fingerprint density at radius 1 is 1.47 bits per heavy atom. The van der Waals surface area contributed by atoms with Crippen LogP contribution in [-0.4, -0.2) is 17.9 Å². The molecule has 15 heavy (non-hydrogen) atoms. The molecular weight excluding hydrogens is 208 g/mol. The van der Waals surface area contributed by atoms with Gasteiger partial charge in [-0.1, -0.05) is 18.2 Å². The molecule has 0 heterocycles. The first-order valence-corrected chi connectivity index (χ1v) is 6.22. The van der Waals surface area contributed by atoms with Crippen molar-refractivity contribution in [3.63, 3.8) is 0 Å². The van der Waals surface area contributed by atoms with Gasteiger partial charge in [0.2, 0.25) is 5.91 Å². The summed E-state index contributed by atoms with van der Waals surface area (Å²) in [6, 6.07) is 7.56. The van der Waals surface area contributed by atoms with E-state index in [1.807, 2.05) is 30.5 Å². The second-order valence-corrected chi connectivity index (χ2v) is 4.20. The summed E-state index contributed by atoms with van der Waals surface area (Å²) < 4.78 is 0. The third-order valence-electron chi connectivity index (χ3n) is 2.06. The lowest BCUT2D eigenvalue weighted by Gasteiger charge is -2.06. The molecular formula is C11H16N2OS. The Labute approximate surface area is 94.4 Å². The Morgan fingerprint density at radius 2 is 2.20 bits per heavy atom. The zero-order valence-corrected chi connectivity index (χ0v) is 9.64. The number of nitrogen functional groups attached to an aromatic ring is 1. The van der Waals surface area contributed by atoms with Crippen LogP contribution in [0.2, 0.25) is 0 Å². The first-order valence-electron chi connectivity index (χ1n) is 4.83. The van der Waals surface area contributed by atoms with E-state index in [1.165, 1.54) is 0 Å². The normalized spacial score (nSPS) is 9.93. The van der Waals surface area contributed by atoms with Gasteiger partial charge in [-0.15, -0.1) is 0 Å². The third kappa shape index (κ3) is 4.25. The van der Waals surface area contributed by atoms with Crippen LogP contribution < -0.4 is 11.1 Å². The summed E-state index contributed by atoms with van der Waals surface area (Å²) in [4.78, 5) is 11.3. The molecule has 0 atom stereocenters. The van der Waals surface area contributed by atoms with Gasteiger partial charge in [0.05, 0.1) is 0 Å². The number of nitrogens with two attached hydrogens (primary N) is 1. The SMILES string of the molecule is CSCCC(=O)NCc1ccccc1N. The number of thioether (sulfide) groups is 1. The Hall–Kier alpha value is -1.16. The lowest BCUT2D eigenvalue weighted by Crippen LogP contribution is -2.23. The number of nitrogens with one attached hydrogen (secondary N) is 1. The van der Waals surface area contributed by atoms with Crippen molar-refractivity contribution in [1.82, 2.24) is 5.32 Å². The van der Waals surface area contributed by atoms with Crippen LogP contribution >= 0.6 is 11.8 Å². The lowest BCUT2D eigenvalue weighted by molar-refractivity contribution is -0.120. The van der Waals surface area contributed by atoms with Crippen LogP contribution in [0.3, 0.4) is 0 Å². The molecule has 0 aliphatic heterocycles. The van der Waals surface area contributed by atoms with Gasteiger partial charge in [-0.3, -0.25) is 4.79 Å². The number of amides is 1.